The van der Waals surface area contributed by atoms with Crippen LogP contribution in [-0.2, 0) is 10.2 Å². The van der Waals surface area contributed by atoms with Gasteiger partial charge in [0.1, 0.15) is 0 Å². The molecule has 0 spiro atoms. The summed E-state index contributed by atoms with van der Waals surface area (Å²) in [6.07, 6.45) is 2.86. The minimum absolute atomic E-state index is 0.123. The summed E-state index contributed by atoms with van der Waals surface area (Å²) in [5.74, 6) is 0.807. The van der Waals surface area contributed by atoms with Crippen LogP contribution in [0.1, 0.15) is 40.0 Å². The lowest BCUT2D eigenvalue weighted by atomic mass is 9.94. The summed E-state index contributed by atoms with van der Waals surface area (Å²) in [6.45, 7) is 8.00. The third-order valence-electron chi connectivity index (χ3n) is 3.60. The van der Waals surface area contributed by atoms with Gasteiger partial charge in [-0.15, -0.1) is 0 Å². The molecule has 0 saturated carbocycles. The molecule has 19 heavy (non-hydrogen) atoms. The topological polar surface area (TPSA) is 60.9 Å². The molecule has 1 aliphatic rings. The normalized spacial score (nSPS) is 25.9. The Kier molecular flexibility index (Phi) is 6.73. The molecule has 0 aromatic heterocycles. The minimum atomic E-state index is -3.42. The largest absolute Gasteiger partial charge is 0.395 e. The van der Waals surface area contributed by atoms with E-state index in [2.05, 4.69) is 13.8 Å². The predicted molar refractivity (Wildman–Crippen MR) is 77.0 cm³/mol. The highest BCUT2D eigenvalue weighted by Gasteiger charge is 2.34. The molecule has 114 valence electrons. The first-order chi connectivity index (χ1) is 8.91. The van der Waals surface area contributed by atoms with Gasteiger partial charge in [0.15, 0.2) is 0 Å². The fraction of sp³-hybridized carbons (Fsp3) is 1.00. The highest BCUT2D eigenvalue weighted by atomic mass is 32.2. The van der Waals surface area contributed by atoms with E-state index >= 15 is 0 Å². The molecule has 1 aliphatic heterocycles. The number of hydrogen-bond acceptors (Lipinski definition) is 3. The van der Waals surface area contributed by atoms with Crippen molar-refractivity contribution in [2.24, 2.45) is 11.8 Å². The van der Waals surface area contributed by atoms with Gasteiger partial charge in [-0.25, -0.2) is 0 Å². The zero-order valence-corrected chi connectivity index (χ0v) is 13.2. The van der Waals surface area contributed by atoms with Crippen molar-refractivity contribution in [3.05, 3.63) is 0 Å². The van der Waals surface area contributed by atoms with Crippen molar-refractivity contribution in [3.8, 4) is 0 Å². The highest BCUT2D eigenvalue weighted by molar-refractivity contribution is 7.86. The summed E-state index contributed by atoms with van der Waals surface area (Å²) in [5.41, 5.74) is 0. The monoisotopic (exact) mass is 292 g/mol. The Morgan fingerprint density at radius 3 is 2.26 bits per heavy atom. The maximum atomic E-state index is 12.6. The van der Waals surface area contributed by atoms with E-state index in [0.29, 0.717) is 31.5 Å². The van der Waals surface area contributed by atoms with Crippen molar-refractivity contribution in [2.75, 3.05) is 32.8 Å². The van der Waals surface area contributed by atoms with Crippen LogP contribution < -0.4 is 0 Å². The van der Waals surface area contributed by atoms with Gasteiger partial charge in [0.25, 0.3) is 10.2 Å². The van der Waals surface area contributed by atoms with Gasteiger partial charge in [-0.05, 0) is 24.7 Å². The van der Waals surface area contributed by atoms with Crippen LogP contribution in [0.4, 0.5) is 0 Å². The van der Waals surface area contributed by atoms with Crippen molar-refractivity contribution >= 4 is 10.2 Å². The average Bonchev–Trinajstić information content (AvgIpc) is 2.33. The molecule has 0 radical (unpaired) electrons. The molecule has 2 atom stereocenters. The summed E-state index contributed by atoms with van der Waals surface area (Å²) in [6, 6.07) is 0. The SMILES string of the molecule is CCCCN(CCO)S(=O)(=O)N1CC(C)CC(C)C1. The molecule has 6 heteroatoms. The van der Waals surface area contributed by atoms with E-state index < -0.39 is 10.2 Å². The Morgan fingerprint density at radius 2 is 1.79 bits per heavy atom. The molecule has 0 aromatic rings. The first-order valence-corrected chi connectivity index (χ1v) is 8.67. The summed E-state index contributed by atoms with van der Waals surface area (Å²) in [5, 5.41) is 9.08. The average molecular weight is 292 g/mol. The number of nitrogens with zero attached hydrogens (tertiary/aromatic N) is 2. The van der Waals surface area contributed by atoms with E-state index in [4.69, 9.17) is 5.11 Å². The van der Waals surface area contributed by atoms with Gasteiger partial charge in [-0.3, -0.25) is 0 Å². The number of piperidine rings is 1. The van der Waals surface area contributed by atoms with Gasteiger partial charge in [0.05, 0.1) is 6.61 Å². The molecular weight excluding hydrogens is 264 g/mol. The van der Waals surface area contributed by atoms with Crippen molar-refractivity contribution in [2.45, 2.75) is 40.0 Å². The Labute approximate surface area is 117 Å². The molecule has 0 aliphatic carbocycles. The van der Waals surface area contributed by atoms with Gasteiger partial charge in [-0.2, -0.15) is 17.0 Å². The van der Waals surface area contributed by atoms with Crippen molar-refractivity contribution in [1.29, 1.82) is 0 Å². The van der Waals surface area contributed by atoms with Crippen LogP contribution in [0.2, 0.25) is 0 Å². The Bertz CT molecular complexity index is 349. The molecule has 1 heterocycles. The van der Waals surface area contributed by atoms with E-state index in [9.17, 15) is 8.42 Å². The van der Waals surface area contributed by atoms with Gasteiger partial charge in [0, 0.05) is 26.2 Å². The Balaban J connectivity index is 2.79. The second-order valence-electron chi connectivity index (χ2n) is 5.75. The summed E-state index contributed by atoms with van der Waals surface area (Å²) in [7, 11) is -3.42. The summed E-state index contributed by atoms with van der Waals surface area (Å²) < 4.78 is 28.3. The van der Waals surface area contributed by atoms with E-state index in [-0.39, 0.29) is 13.2 Å². The van der Waals surface area contributed by atoms with E-state index in [1.807, 2.05) is 6.92 Å². The summed E-state index contributed by atoms with van der Waals surface area (Å²) in [4.78, 5) is 0. The standard InChI is InChI=1S/C13H28N2O3S/c1-4-5-6-14(7-8-16)19(17,18)15-10-12(2)9-13(3)11-15/h12-13,16H,4-11H2,1-3H3. The Morgan fingerprint density at radius 1 is 1.21 bits per heavy atom. The van der Waals surface area contributed by atoms with Gasteiger partial charge in [0.2, 0.25) is 0 Å². The van der Waals surface area contributed by atoms with Crippen molar-refractivity contribution in [3.63, 3.8) is 0 Å². The third-order valence-corrected chi connectivity index (χ3v) is 5.57. The number of aliphatic hydroxyl groups is 1. The number of rotatable bonds is 7. The third kappa shape index (κ3) is 4.70. The molecule has 5 nitrogen and oxygen atoms in total. The molecule has 0 amide bonds. The molecule has 1 rings (SSSR count). The minimum Gasteiger partial charge on any atom is -0.395 e. The van der Waals surface area contributed by atoms with Crippen LogP contribution in [0.15, 0.2) is 0 Å². The molecule has 0 aromatic carbocycles. The molecule has 1 N–H and O–H groups in total. The van der Waals surface area contributed by atoms with Crippen LogP contribution in [-0.4, -0.2) is 54.9 Å². The van der Waals surface area contributed by atoms with E-state index in [0.717, 1.165) is 19.3 Å². The first kappa shape index (κ1) is 16.9. The number of unbranched alkanes of at least 4 members (excludes halogenated alkanes) is 1. The first-order valence-electron chi connectivity index (χ1n) is 7.27. The smallest absolute Gasteiger partial charge is 0.282 e. The molecular formula is C13H28N2O3S. The fourth-order valence-corrected chi connectivity index (χ4v) is 4.63. The van der Waals surface area contributed by atoms with E-state index in [1.54, 1.807) is 4.31 Å². The lowest BCUT2D eigenvalue weighted by Gasteiger charge is -2.37. The molecule has 1 fully saturated rings. The van der Waals surface area contributed by atoms with Crippen molar-refractivity contribution in [1.82, 2.24) is 8.61 Å². The second-order valence-corrected chi connectivity index (χ2v) is 7.68. The van der Waals surface area contributed by atoms with Gasteiger partial charge < -0.3 is 5.11 Å². The molecule has 1 saturated heterocycles. The van der Waals surface area contributed by atoms with Crippen molar-refractivity contribution < 1.29 is 13.5 Å². The zero-order chi connectivity index (χ0) is 14.5. The molecule has 0 bridgehead atoms. The van der Waals surface area contributed by atoms with E-state index in [1.165, 1.54) is 4.31 Å². The maximum Gasteiger partial charge on any atom is 0.282 e. The lowest BCUT2D eigenvalue weighted by Crippen LogP contribution is -2.50. The quantitative estimate of drug-likeness (QED) is 0.769. The fourth-order valence-electron chi connectivity index (χ4n) is 2.75. The van der Waals surface area contributed by atoms with Crippen LogP contribution in [0, 0.1) is 11.8 Å². The number of hydrogen-bond donors (Lipinski definition) is 1. The predicted octanol–water partition coefficient (Wildman–Crippen LogP) is 1.30. The van der Waals surface area contributed by atoms with Crippen LogP contribution in [0.3, 0.4) is 0 Å². The lowest BCUT2D eigenvalue weighted by molar-refractivity contribution is 0.198. The molecule has 2 unspecified atom stereocenters. The maximum absolute atomic E-state index is 12.6. The zero-order valence-electron chi connectivity index (χ0n) is 12.4. The summed E-state index contributed by atoms with van der Waals surface area (Å²) >= 11 is 0. The van der Waals surface area contributed by atoms with Crippen LogP contribution in [0.5, 0.6) is 0 Å². The Hall–Kier alpha value is -0.170. The van der Waals surface area contributed by atoms with Crippen LogP contribution >= 0.6 is 0 Å². The van der Waals surface area contributed by atoms with Crippen LogP contribution in [0.25, 0.3) is 0 Å². The number of aliphatic hydroxyl groups excluding tert-OH is 1. The highest BCUT2D eigenvalue weighted by Crippen LogP contribution is 2.24. The van der Waals surface area contributed by atoms with Gasteiger partial charge >= 0.3 is 0 Å². The second kappa shape index (κ2) is 7.57. The van der Waals surface area contributed by atoms with Gasteiger partial charge in [-0.1, -0.05) is 27.2 Å².